The van der Waals surface area contributed by atoms with Crippen molar-refractivity contribution in [3.8, 4) is 0 Å². The second-order valence-electron chi connectivity index (χ2n) is 8.99. The molecule has 0 saturated carbocycles. The maximum Gasteiger partial charge on any atom is 0.253 e. The average Bonchev–Trinajstić information content (AvgIpc) is 2.86. The normalized spacial score (nSPS) is 19.9. The standard InChI is InChI=1S/C26H33FN4O2/c27-24-10-8-22(9-11-24)26(33)31-13-4-7-23(20-31)25(32)28-12-14-29-15-17-30(18-16-29)19-21-5-2-1-3-6-21/h1-3,5-6,8-11,23H,4,7,12-20H2,(H,28,32)/t23-/m0/s1. The van der Waals surface area contributed by atoms with Gasteiger partial charge < -0.3 is 10.2 Å². The van der Waals surface area contributed by atoms with E-state index >= 15 is 0 Å². The van der Waals surface area contributed by atoms with E-state index in [1.165, 1.54) is 29.8 Å². The van der Waals surface area contributed by atoms with Crippen LogP contribution in [0.15, 0.2) is 54.6 Å². The molecule has 0 radical (unpaired) electrons. The number of hydrogen-bond donors (Lipinski definition) is 1. The molecule has 7 heteroatoms. The summed E-state index contributed by atoms with van der Waals surface area (Å²) in [6.07, 6.45) is 1.59. The number of hydrogen-bond acceptors (Lipinski definition) is 4. The van der Waals surface area contributed by atoms with Crippen molar-refractivity contribution in [2.45, 2.75) is 19.4 Å². The lowest BCUT2D eigenvalue weighted by Gasteiger charge is -2.35. The van der Waals surface area contributed by atoms with Gasteiger partial charge in [0.2, 0.25) is 5.91 Å². The smallest absolute Gasteiger partial charge is 0.253 e. The van der Waals surface area contributed by atoms with Crippen LogP contribution < -0.4 is 5.32 Å². The van der Waals surface area contributed by atoms with Gasteiger partial charge in [-0.05, 0) is 42.7 Å². The molecule has 2 aromatic carbocycles. The number of halogens is 1. The molecule has 1 N–H and O–H groups in total. The molecule has 2 fully saturated rings. The van der Waals surface area contributed by atoms with E-state index in [0.717, 1.165) is 52.1 Å². The molecule has 0 bridgehead atoms. The Bertz CT molecular complexity index is 914. The van der Waals surface area contributed by atoms with E-state index in [0.29, 0.717) is 25.2 Å². The molecule has 4 rings (SSSR count). The van der Waals surface area contributed by atoms with Gasteiger partial charge in [-0.15, -0.1) is 0 Å². The first-order valence-corrected chi connectivity index (χ1v) is 11.9. The summed E-state index contributed by atoms with van der Waals surface area (Å²) in [5.41, 5.74) is 1.81. The summed E-state index contributed by atoms with van der Waals surface area (Å²) < 4.78 is 13.1. The van der Waals surface area contributed by atoms with Crippen LogP contribution in [0.5, 0.6) is 0 Å². The van der Waals surface area contributed by atoms with Crippen LogP contribution >= 0.6 is 0 Å². The third-order valence-corrected chi connectivity index (χ3v) is 6.61. The number of carbonyl (C=O) groups excluding carboxylic acids is 2. The molecule has 0 aliphatic carbocycles. The van der Waals surface area contributed by atoms with E-state index < -0.39 is 0 Å². The van der Waals surface area contributed by atoms with Crippen LogP contribution in [0.3, 0.4) is 0 Å². The van der Waals surface area contributed by atoms with Crippen LogP contribution in [0, 0.1) is 11.7 Å². The summed E-state index contributed by atoms with van der Waals surface area (Å²) in [7, 11) is 0. The molecule has 2 heterocycles. The molecule has 2 aliphatic heterocycles. The summed E-state index contributed by atoms with van der Waals surface area (Å²) in [6.45, 7) is 7.58. The molecular weight excluding hydrogens is 419 g/mol. The summed E-state index contributed by atoms with van der Waals surface area (Å²) in [4.78, 5) is 32.0. The van der Waals surface area contributed by atoms with E-state index in [1.54, 1.807) is 4.90 Å². The lowest BCUT2D eigenvalue weighted by Crippen LogP contribution is -2.49. The second-order valence-corrected chi connectivity index (χ2v) is 8.99. The number of carbonyl (C=O) groups is 2. The van der Waals surface area contributed by atoms with E-state index in [2.05, 4.69) is 39.4 Å². The first-order valence-electron chi connectivity index (χ1n) is 11.9. The highest BCUT2D eigenvalue weighted by Crippen LogP contribution is 2.19. The number of piperidine rings is 1. The molecule has 2 amide bonds. The zero-order valence-electron chi connectivity index (χ0n) is 19.1. The minimum Gasteiger partial charge on any atom is -0.355 e. The molecule has 0 aromatic heterocycles. The van der Waals surface area contributed by atoms with Gasteiger partial charge in [0.05, 0.1) is 5.92 Å². The van der Waals surface area contributed by atoms with Crippen LogP contribution in [0.4, 0.5) is 4.39 Å². The van der Waals surface area contributed by atoms with Gasteiger partial charge >= 0.3 is 0 Å². The summed E-state index contributed by atoms with van der Waals surface area (Å²) in [5.74, 6) is -0.666. The first-order chi connectivity index (χ1) is 16.1. The van der Waals surface area contributed by atoms with E-state index in [4.69, 9.17) is 0 Å². The van der Waals surface area contributed by atoms with Crippen molar-refractivity contribution >= 4 is 11.8 Å². The lowest BCUT2D eigenvalue weighted by molar-refractivity contribution is -0.126. The predicted octanol–water partition coefficient (Wildman–Crippen LogP) is 2.61. The zero-order chi connectivity index (χ0) is 23.0. The molecule has 2 saturated heterocycles. The highest BCUT2D eigenvalue weighted by atomic mass is 19.1. The van der Waals surface area contributed by atoms with Gasteiger partial charge in [-0.2, -0.15) is 0 Å². The summed E-state index contributed by atoms with van der Waals surface area (Å²) >= 11 is 0. The zero-order valence-corrected chi connectivity index (χ0v) is 19.1. The van der Waals surface area contributed by atoms with Crippen LogP contribution in [-0.2, 0) is 11.3 Å². The molecule has 2 aromatic rings. The number of likely N-dealkylation sites (tertiary alicyclic amines) is 1. The Morgan fingerprint density at radius 2 is 1.61 bits per heavy atom. The minimum absolute atomic E-state index is 0.0225. The lowest BCUT2D eigenvalue weighted by atomic mass is 9.96. The van der Waals surface area contributed by atoms with E-state index in [-0.39, 0.29) is 23.5 Å². The number of amides is 2. The second kappa shape index (κ2) is 11.4. The van der Waals surface area contributed by atoms with Crippen LogP contribution in [0.1, 0.15) is 28.8 Å². The van der Waals surface area contributed by atoms with Crippen molar-refractivity contribution in [3.05, 3.63) is 71.5 Å². The van der Waals surface area contributed by atoms with Gasteiger partial charge in [0, 0.05) is 64.5 Å². The number of nitrogens with zero attached hydrogens (tertiary/aromatic N) is 3. The Morgan fingerprint density at radius 1 is 0.909 bits per heavy atom. The number of benzene rings is 2. The molecular formula is C26H33FN4O2. The summed E-state index contributed by atoms with van der Waals surface area (Å²) in [6, 6.07) is 16.1. The van der Waals surface area contributed by atoms with E-state index in [9.17, 15) is 14.0 Å². The topological polar surface area (TPSA) is 55.9 Å². The SMILES string of the molecule is O=C(NCCN1CCN(Cc2ccccc2)CC1)[C@H]1CCCN(C(=O)c2ccc(F)cc2)C1. The van der Waals surface area contributed by atoms with Crippen molar-refractivity contribution in [1.82, 2.24) is 20.0 Å². The minimum atomic E-state index is -0.361. The summed E-state index contributed by atoms with van der Waals surface area (Å²) in [5, 5.41) is 3.08. The number of nitrogens with one attached hydrogen (secondary N) is 1. The first kappa shape index (κ1) is 23.4. The molecule has 0 spiro atoms. The van der Waals surface area contributed by atoms with Crippen molar-refractivity contribution in [2.24, 2.45) is 5.92 Å². The fourth-order valence-corrected chi connectivity index (χ4v) is 4.64. The van der Waals surface area contributed by atoms with Crippen molar-refractivity contribution in [2.75, 3.05) is 52.4 Å². The van der Waals surface area contributed by atoms with Gasteiger partial charge in [-0.3, -0.25) is 19.4 Å². The highest BCUT2D eigenvalue weighted by Gasteiger charge is 2.29. The number of piperazine rings is 1. The Kier molecular flexibility index (Phi) is 8.07. The fourth-order valence-electron chi connectivity index (χ4n) is 4.64. The fraction of sp³-hybridized carbons (Fsp3) is 0.462. The Morgan fingerprint density at radius 3 is 2.33 bits per heavy atom. The maximum atomic E-state index is 13.1. The van der Waals surface area contributed by atoms with Gasteiger partial charge in [0.25, 0.3) is 5.91 Å². The number of rotatable bonds is 7. The van der Waals surface area contributed by atoms with Gasteiger partial charge in [0.1, 0.15) is 5.82 Å². The van der Waals surface area contributed by atoms with Crippen LogP contribution in [-0.4, -0.2) is 78.9 Å². The van der Waals surface area contributed by atoms with Crippen molar-refractivity contribution in [3.63, 3.8) is 0 Å². The quantitative estimate of drug-likeness (QED) is 0.702. The van der Waals surface area contributed by atoms with Gasteiger partial charge in [-0.1, -0.05) is 30.3 Å². The largest absolute Gasteiger partial charge is 0.355 e. The molecule has 0 unspecified atom stereocenters. The molecule has 1 atom stereocenters. The Balaban J connectivity index is 1.16. The average molecular weight is 453 g/mol. The van der Waals surface area contributed by atoms with Crippen LogP contribution in [0.2, 0.25) is 0 Å². The van der Waals surface area contributed by atoms with Crippen LogP contribution in [0.25, 0.3) is 0 Å². The van der Waals surface area contributed by atoms with Gasteiger partial charge in [-0.25, -0.2) is 4.39 Å². The van der Waals surface area contributed by atoms with Crippen molar-refractivity contribution < 1.29 is 14.0 Å². The third-order valence-electron chi connectivity index (χ3n) is 6.61. The molecule has 6 nitrogen and oxygen atoms in total. The molecule has 33 heavy (non-hydrogen) atoms. The molecule has 176 valence electrons. The van der Waals surface area contributed by atoms with E-state index in [1.807, 2.05) is 6.07 Å². The third kappa shape index (κ3) is 6.62. The molecule has 2 aliphatic rings. The van der Waals surface area contributed by atoms with Crippen molar-refractivity contribution in [1.29, 1.82) is 0 Å². The maximum absolute atomic E-state index is 13.1. The highest BCUT2D eigenvalue weighted by molar-refractivity contribution is 5.94. The Hall–Kier alpha value is -2.77. The monoisotopic (exact) mass is 452 g/mol. The Labute approximate surface area is 195 Å². The van der Waals surface area contributed by atoms with Gasteiger partial charge in [0.15, 0.2) is 0 Å². The predicted molar refractivity (Wildman–Crippen MR) is 126 cm³/mol.